The fourth-order valence-corrected chi connectivity index (χ4v) is 2.26. The van der Waals surface area contributed by atoms with Crippen molar-refractivity contribution in [3.05, 3.63) is 14.2 Å². The van der Waals surface area contributed by atoms with Crippen LogP contribution in [0.25, 0.3) is 0 Å². The summed E-state index contributed by atoms with van der Waals surface area (Å²) in [6.45, 7) is 0.0107. The van der Waals surface area contributed by atoms with Crippen molar-refractivity contribution in [1.29, 1.82) is 0 Å². The molecule has 1 aromatic heterocycles. The fourth-order valence-electron chi connectivity index (χ4n) is 0.840. The standard InChI is InChI=1S/C9H6Cl2O3S/c1-3-4-14-6-5(10)8(11)15-7(6)9(12)13-2/h1H,4H2,2H3. The van der Waals surface area contributed by atoms with Crippen molar-refractivity contribution in [2.24, 2.45) is 0 Å². The van der Waals surface area contributed by atoms with Crippen LogP contribution in [-0.2, 0) is 4.74 Å². The van der Waals surface area contributed by atoms with Crippen molar-refractivity contribution in [2.45, 2.75) is 0 Å². The van der Waals surface area contributed by atoms with Crippen LogP contribution in [0.15, 0.2) is 0 Å². The third-order valence-electron chi connectivity index (χ3n) is 1.44. The van der Waals surface area contributed by atoms with Gasteiger partial charge in [-0.15, -0.1) is 17.8 Å². The second-order valence-corrected chi connectivity index (χ2v) is 4.33. The molecule has 80 valence electrons. The maximum absolute atomic E-state index is 11.3. The van der Waals surface area contributed by atoms with Gasteiger partial charge in [-0.1, -0.05) is 29.1 Å². The number of halogens is 2. The molecule has 0 saturated carbocycles. The van der Waals surface area contributed by atoms with Crippen molar-refractivity contribution in [1.82, 2.24) is 0 Å². The average Bonchev–Trinajstić information content (AvgIpc) is 2.52. The maximum Gasteiger partial charge on any atom is 0.352 e. The van der Waals surface area contributed by atoms with Gasteiger partial charge in [0.05, 0.1) is 7.11 Å². The first kappa shape index (κ1) is 12.2. The summed E-state index contributed by atoms with van der Waals surface area (Å²) in [4.78, 5) is 11.5. The molecule has 0 aliphatic carbocycles. The van der Waals surface area contributed by atoms with Gasteiger partial charge in [-0.3, -0.25) is 0 Å². The van der Waals surface area contributed by atoms with E-state index in [1.165, 1.54) is 7.11 Å². The summed E-state index contributed by atoms with van der Waals surface area (Å²) in [5.41, 5.74) is 0. The number of carbonyl (C=O) groups is 1. The Hall–Kier alpha value is -0.890. The minimum Gasteiger partial charge on any atom is -0.478 e. The highest BCUT2D eigenvalue weighted by atomic mass is 35.5. The number of thiophene rings is 1. The Balaban J connectivity index is 3.10. The van der Waals surface area contributed by atoms with Gasteiger partial charge >= 0.3 is 5.97 Å². The molecule has 0 bridgehead atoms. The third kappa shape index (κ3) is 2.57. The molecule has 0 aliphatic heterocycles. The summed E-state index contributed by atoms with van der Waals surface area (Å²) in [5.74, 6) is 1.89. The Kier molecular flexibility index (Phi) is 4.28. The summed E-state index contributed by atoms with van der Waals surface area (Å²) in [6.07, 6.45) is 5.03. The maximum atomic E-state index is 11.3. The first-order valence-corrected chi connectivity index (χ1v) is 5.31. The lowest BCUT2D eigenvalue weighted by Crippen LogP contribution is -2.02. The van der Waals surface area contributed by atoms with Crippen molar-refractivity contribution in [3.8, 4) is 18.1 Å². The van der Waals surface area contributed by atoms with E-state index in [4.69, 9.17) is 34.4 Å². The quantitative estimate of drug-likeness (QED) is 0.622. The number of carbonyl (C=O) groups excluding carboxylic acids is 1. The second kappa shape index (κ2) is 5.26. The number of hydrogen-bond acceptors (Lipinski definition) is 4. The number of methoxy groups -OCH3 is 1. The minimum absolute atomic E-state index is 0.0107. The minimum atomic E-state index is -0.555. The smallest absolute Gasteiger partial charge is 0.352 e. The van der Waals surface area contributed by atoms with Crippen molar-refractivity contribution >= 4 is 40.5 Å². The lowest BCUT2D eigenvalue weighted by molar-refractivity contribution is 0.0602. The molecule has 0 radical (unpaired) electrons. The first-order valence-electron chi connectivity index (χ1n) is 3.74. The SMILES string of the molecule is C#CCOc1c(C(=O)OC)sc(Cl)c1Cl. The molecule has 6 heteroatoms. The van der Waals surface area contributed by atoms with Gasteiger partial charge in [0.15, 0.2) is 10.6 Å². The molecule has 0 fully saturated rings. The summed E-state index contributed by atoms with van der Waals surface area (Å²) in [5, 5.41) is 0.178. The molecular formula is C9H6Cl2O3S. The molecule has 0 spiro atoms. The van der Waals surface area contributed by atoms with Crippen LogP contribution in [0, 0.1) is 12.3 Å². The number of terminal acetylenes is 1. The highest BCUT2D eigenvalue weighted by Crippen LogP contribution is 2.43. The molecule has 3 nitrogen and oxygen atoms in total. The third-order valence-corrected chi connectivity index (χ3v) is 3.37. The molecule has 1 rings (SSSR count). The Bertz CT molecular complexity index is 420. The Morgan fingerprint density at radius 1 is 1.60 bits per heavy atom. The number of ether oxygens (including phenoxy) is 2. The van der Waals surface area contributed by atoms with E-state index in [0.717, 1.165) is 11.3 Å². The largest absolute Gasteiger partial charge is 0.478 e. The summed E-state index contributed by atoms with van der Waals surface area (Å²) < 4.78 is 9.93. The molecule has 1 heterocycles. The number of hydrogen-bond donors (Lipinski definition) is 0. The van der Waals surface area contributed by atoms with Gasteiger partial charge in [-0.2, -0.15) is 0 Å². The van der Waals surface area contributed by atoms with E-state index in [1.54, 1.807) is 0 Å². The van der Waals surface area contributed by atoms with Crippen LogP contribution in [0.5, 0.6) is 5.75 Å². The normalized spacial score (nSPS) is 9.47. The lowest BCUT2D eigenvalue weighted by atomic mass is 10.4. The van der Waals surface area contributed by atoms with E-state index >= 15 is 0 Å². The fraction of sp³-hybridized carbons (Fsp3) is 0.222. The Labute approximate surface area is 101 Å². The van der Waals surface area contributed by atoms with Crippen LogP contribution >= 0.6 is 34.5 Å². The van der Waals surface area contributed by atoms with Gasteiger partial charge in [-0.05, 0) is 0 Å². The van der Waals surface area contributed by atoms with Gasteiger partial charge in [0.1, 0.15) is 16.0 Å². The molecule has 0 saturated heterocycles. The molecule has 0 aliphatic rings. The van der Waals surface area contributed by atoms with E-state index < -0.39 is 5.97 Å². The zero-order valence-electron chi connectivity index (χ0n) is 7.67. The molecule has 0 N–H and O–H groups in total. The van der Waals surface area contributed by atoms with Crippen LogP contribution in [0.3, 0.4) is 0 Å². The molecule has 0 amide bonds. The average molecular weight is 265 g/mol. The zero-order chi connectivity index (χ0) is 11.4. The topological polar surface area (TPSA) is 35.5 Å². The van der Waals surface area contributed by atoms with Crippen LogP contribution < -0.4 is 4.74 Å². The molecule has 15 heavy (non-hydrogen) atoms. The van der Waals surface area contributed by atoms with Crippen molar-refractivity contribution in [2.75, 3.05) is 13.7 Å². The molecule has 0 atom stereocenters. The predicted octanol–water partition coefficient (Wildman–Crippen LogP) is 2.85. The van der Waals surface area contributed by atoms with E-state index in [9.17, 15) is 4.79 Å². The Morgan fingerprint density at radius 2 is 2.27 bits per heavy atom. The van der Waals surface area contributed by atoms with E-state index in [1.807, 2.05) is 0 Å². The summed E-state index contributed by atoms with van der Waals surface area (Å²) >= 11 is 12.6. The number of rotatable bonds is 3. The van der Waals surface area contributed by atoms with Gasteiger partial charge in [0.2, 0.25) is 0 Å². The van der Waals surface area contributed by atoms with Crippen molar-refractivity contribution in [3.63, 3.8) is 0 Å². The molecule has 1 aromatic rings. The van der Waals surface area contributed by atoms with Gasteiger partial charge in [0, 0.05) is 0 Å². The van der Waals surface area contributed by atoms with Gasteiger partial charge in [0.25, 0.3) is 0 Å². The van der Waals surface area contributed by atoms with E-state index in [0.29, 0.717) is 0 Å². The lowest BCUT2D eigenvalue weighted by Gasteiger charge is -2.02. The first-order chi connectivity index (χ1) is 7.11. The number of esters is 1. The van der Waals surface area contributed by atoms with E-state index in [2.05, 4.69) is 10.7 Å². The molecular weight excluding hydrogens is 259 g/mol. The van der Waals surface area contributed by atoms with Crippen LogP contribution in [0.4, 0.5) is 0 Å². The van der Waals surface area contributed by atoms with Crippen molar-refractivity contribution < 1.29 is 14.3 Å². The highest BCUT2D eigenvalue weighted by Gasteiger charge is 2.23. The van der Waals surface area contributed by atoms with Crippen LogP contribution in [0.1, 0.15) is 9.67 Å². The van der Waals surface area contributed by atoms with Crippen LogP contribution in [0.2, 0.25) is 9.36 Å². The van der Waals surface area contributed by atoms with E-state index in [-0.39, 0.29) is 26.6 Å². The predicted molar refractivity (Wildman–Crippen MR) is 60.0 cm³/mol. The molecule has 0 aromatic carbocycles. The Morgan fingerprint density at radius 3 is 2.80 bits per heavy atom. The van der Waals surface area contributed by atoms with Crippen LogP contribution in [-0.4, -0.2) is 19.7 Å². The second-order valence-electron chi connectivity index (χ2n) is 2.33. The summed E-state index contributed by atoms with van der Waals surface area (Å²) in [6, 6.07) is 0. The van der Waals surface area contributed by atoms with Gasteiger partial charge in [-0.25, -0.2) is 4.79 Å². The molecule has 0 unspecified atom stereocenters. The van der Waals surface area contributed by atoms with Gasteiger partial charge < -0.3 is 9.47 Å². The summed E-state index contributed by atoms with van der Waals surface area (Å²) in [7, 11) is 1.26. The highest BCUT2D eigenvalue weighted by molar-refractivity contribution is 7.19. The monoisotopic (exact) mass is 264 g/mol. The zero-order valence-corrected chi connectivity index (χ0v) is 10.0.